The number of hydrogen-bond donors (Lipinski definition) is 1. The number of carbonyl (C=O) groups is 3. The lowest BCUT2D eigenvalue weighted by atomic mass is 9.97. The Bertz CT molecular complexity index is 731. The molecule has 2 aliphatic heterocycles. The second kappa shape index (κ2) is 9.98. The molecule has 1 aromatic carbocycles. The van der Waals surface area contributed by atoms with Crippen LogP contribution in [0.4, 0.5) is 5.69 Å². The maximum absolute atomic E-state index is 13.1. The third kappa shape index (κ3) is 4.85. The second-order valence-corrected chi connectivity index (χ2v) is 7.72. The Labute approximate surface area is 171 Å². The van der Waals surface area contributed by atoms with Gasteiger partial charge in [-0.05, 0) is 56.5 Å². The van der Waals surface area contributed by atoms with E-state index in [1.807, 2.05) is 6.92 Å². The first kappa shape index (κ1) is 21.5. The number of piperidine rings is 1. The van der Waals surface area contributed by atoms with Crippen LogP contribution < -0.4 is 4.90 Å². The third-order valence-corrected chi connectivity index (χ3v) is 5.75. The van der Waals surface area contributed by atoms with Crippen molar-refractivity contribution in [1.82, 2.24) is 4.90 Å². The topological polar surface area (TPSA) is 87.2 Å². The lowest BCUT2D eigenvalue weighted by Gasteiger charge is -2.38. The molecule has 1 aromatic rings. The SMILES string of the molecule is CCCCOC(=O)c1ccc(N2C(=O)C[C@@H](N3CCCC[C@@H]3CCO)C2=O)cc1. The Balaban J connectivity index is 1.70. The van der Waals surface area contributed by atoms with Gasteiger partial charge in [-0.25, -0.2) is 9.69 Å². The van der Waals surface area contributed by atoms with Crippen molar-refractivity contribution < 1.29 is 24.2 Å². The van der Waals surface area contributed by atoms with E-state index in [-0.39, 0.29) is 30.9 Å². The molecule has 0 spiro atoms. The molecule has 7 heteroatoms. The minimum absolute atomic E-state index is 0.0789. The van der Waals surface area contributed by atoms with Crippen molar-refractivity contribution in [1.29, 1.82) is 0 Å². The summed E-state index contributed by atoms with van der Waals surface area (Å²) < 4.78 is 5.19. The molecule has 7 nitrogen and oxygen atoms in total. The van der Waals surface area contributed by atoms with Crippen molar-refractivity contribution in [2.75, 3.05) is 24.7 Å². The number of amides is 2. The zero-order valence-corrected chi connectivity index (χ0v) is 17.0. The molecule has 1 N–H and O–H groups in total. The largest absolute Gasteiger partial charge is 0.462 e. The molecule has 158 valence electrons. The first-order chi connectivity index (χ1) is 14.1. The van der Waals surface area contributed by atoms with E-state index >= 15 is 0 Å². The number of imide groups is 1. The van der Waals surface area contributed by atoms with Gasteiger partial charge in [-0.15, -0.1) is 0 Å². The Kier molecular flexibility index (Phi) is 7.39. The van der Waals surface area contributed by atoms with E-state index in [0.717, 1.165) is 38.6 Å². The number of likely N-dealkylation sites (tertiary alicyclic amines) is 1. The van der Waals surface area contributed by atoms with Gasteiger partial charge in [0.15, 0.2) is 0 Å². The summed E-state index contributed by atoms with van der Waals surface area (Å²) in [5.74, 6) is -0.855. The zero-order chi connectivity index (χ0) is 20.8. The van der Waals surface area contributed by atoms with Crippen LogP contribution in [-0.4, -0.2) is 59.6 Å². The number of esters is 1. The summed E-state index contributed by atoms with van der Waals surface area (Å²) in [5, 5.41) is 9.34. The molecule has 2 atom stereocenters. The summed E-state index contributed by atoms with van der Waals surface area (Å²) in [5.41, 5.74) is 0.878. The Morgan fingerprint density at radius 1 is 1.21 bits per heavy atom. The van der Waals surface area contributed by atoms with Crippen molar-refractivity contribution in [3.8, 4) is 0 Å². The summed E-state index contributed by atoms with van der Waals surface area (Å²) in [4.78, 5) is 41.1. The molecule has 0 saturated carbocycles. The highest BCUT2D eigenvalue weighted by Gasteiger charge is 2.44. The molecule has 29 heavy (non-hydrogen) atoms. The van der Waals surface area contributed by atoms with Crippen molar-refractivity contribution in [2.45, 2.75) is 64.0 Å². The van der Waals surface area contributed by atoms with E-state index in [1.165, 1.54) is 4.90 Å². The monoisotopic (exact) mass is 402 g/mol. The molecule has 0 unspecified atom stereocenters. The van der Waals surface area contributed by atoms with Crippen molar-refractivity contribution in [2.24, 2.45) is 0 Å². The fraction of sp³-hybridized carbons (Fsp3) is 0.591. The molecular weight excluding hydrogens is 372 g/mol. The number of aliphatic hydroxyl groups is 1. The maximum Gasteiger partial charge on any atom is 0.338 e. The van der Waals surface area contributed by atoms with Gasteiger partial charge in [0.1, 0.15) is 0 Å². The minimum atomic E-state index is -0.474. The third-order valence-electron chi connectivity index (χ3n) is 5.75. The molecule has 2 heterocycles. The van der Waals surface area contributed by atoms with E-state index in [1.54, 1.807) is 24.3 Å². The van der Waals surface area contributed by atoms with Crippen LogP contribution in [0.1, 0.15) is 62.2 Å². The van der Waals surface area contributed by atoms with Gasteiger partial charge in [0.25, 0.3) is 5.91 Å². The van der Waals surface area contributed by atoms with Crippen LogP contribution >= 0.6 is 0 Å². The first-order valence-corrected chi connectivity index (χ1v) is 10.6. The first-order valence-electron chi connectivity index (χ1n) is 10.6. The zero-order valence-electron chi connectivity index (χ0n) is 17.0. The van der Waals surface area contributed by atoms with E-state index in [2.05, 4.69) is 4.90 Å². The molecule has 0 aliphatic carbocycles. The van der Waals surface area contributed by atoms with Crippen LogP contribution in [0.2, 0.25) is 0 Å². The number of aliphatic hydroxyl groups excluding tert-OH is 1. The normalized spacial score (nSPS) is 22.9. The number of benzene rings is 1. The fourth-order valence-electron chi connectivity index (χ4n) is 4.18. The van der Waals surface area contributed by atoms with E-state index in [9.17, 15) is 19.5 Å². The second-order valence-electron chi connectivity index (χ2n) is 7.72. The summed E-state index contributed by atoms with van der Waals surface area (Å²) >= 11 is 0. The van der Waals surface area contributed by atoms with Crippen molar-refractivity contribution in [3.63, 3.8) is 0 Å². The van der Waals surface area contributed by atoms with Crippen LogP contribution in [0.15, 0.2) is 24.3 Å². The highest BCUT2D eigenvalue weighted by Crippen LogP contribution is 2.30. The molecule has 3 rings (SSSR count). The number of anilines is 1. The molecule has 2 saturated heterocycles. The Morgan fingerprint density at radius 3 is 2.66 bits per heavy atom. The quantitative estimate of drug-likeness (QED) is 0.408. The highest BCUT2D eigenvalue weighted by molar-refractivity contribution is 6.22. The number of nitrogens with zero attached hydrogens (tertiary/aromatic N) is 2. The Morgan fingerprint density at radius 2 is 1.97 bits per heavy atom. The van der Waals surface area contributed by atoms with E-state index in [0.29, 0.717) is 24.3 Å². The number of carbonyl (C=O) groups excluding carboxylic acids is 3. The standard InChI is InChI=1S/C22H30N2O5/c1-2-3-14-29-22(28)16-7-9-18(10-8-16)24-20(26)15-19(21(24)27)23-12-5-4-6-17(23)11-13-25/h7-10,17,19,25H,2-6,11-15H2,1H3/t17-,19-/m1/s1. The van der Waals surface area contributed by atoms with Crippen LogP contribution in [0.3, 0.4) is 0 Å². The summed E-state index contributed by atoms with van der Waals surface area (Å²) in [6.45, 7) is 3.25. The van der Waals surface area contributed by atoms with E-state index in [4.69, 9.17) is 4.74 Å². The van der Waals surface area contributed by atoms with Crippen LogP contribution in [-0.2, 0) is 14.3 Å². The lowest BCUT2D eigenvalue weighted by molar-refractivity contribution is -0.123. The maximum atomic E-state index is 13.1. The average molecular weight is 402 g/mol. The van der Waals surface area contributed by atoms with Gasteiger partial charge in [0, 0.05) is 12.6 Å². The molecule has 0 radical (unpaired) electrons. The molecular formula is C22H30N2O5. The smallest absolute Gasteiger partial charge is 0.338 e. The van der Waals surface area contributed by atoms with Gasteiger partial charge in [-0.3, -0.25) is 14.5 Å². The minimum Gasteiger partial charge on any atom is -0.462 e. The van der Waals surface area contributed by atoms with Gasteiger partial charge < -0.3 is 9.84 Å². The molecule has 2 fully saturated rings. The highest BCUT2D eigenvalue weighted by atomic mass is 16.5. The van der Waals surface area contributed by atoms with Gasteiger partial charge in [-0.2, -0.15) is 0 Å². The summed E-state index contributed by atoms with van der Waals surface area (Å²) in [6.07, 6.45) is 5.55. The Hall–Kier alpha value is -2.25. The van der Waals surface area contributed by atoms with Gasteiger partial charge >= 0.3 is 5.97 Å². The van der Waals surface area contributed by atoms with Crippen LogP contribution in [0.5, 0.6) is 0 Å². The van der Waals surface area contributed by atoms with Crippen molar-refractivity contribution in [3.05, 3.63) is 29.8 Å². The molecule has 0 bridgehead atoms. The predicted molar refractivity (Wildman–Crippen MR) is 109 cm³/mol. The van der Waals surface area contributed by atoms with Gasteiger partial charge in [0.05, 0.1) is 30.3 Å². The van der Waals surface area contributed by atoms with Crippen LogP contribution in [0, 0.1) is 0 Å². The molecule has 0 aromatic heterocycles. The molecule has 2 amide bonds. The predicted octanol–water partition coefficient (Wildman–Crippen LogP) is 2.51. The number of ether oxygens (including phenoxy) is 1. The summed E-state index contributed by atoms with van der Waals surface area (Å²) in [6, 6.07) is 6.08. The summed E-state index contributed by atoms with van der Waals surface area (Å²) in [7, 11) is 0. The lowest BCUT2D eigenvalue weighted by Crippen LogP contribution is -2.50. The number of hydrogen-bond acceptors (Lipinski definition) is 6. The van der Waals surface area contributed by atoms with Gasteiger partial charge in [0.2, 0.25) is 5.91 Å². The average Bonchev–Trinajstić information content (AvgIpc) is 3.03. The van der Waals surface area contributed by atoms with Crippen molar-refractivity contribution >= 4 is 23.5 Å². The number of unbranched alkanes of at least 4 members (excludes halogenated alkanes) is 1. The van der Waals surface area contributed by atoms with E-state index < -0.39 is 12.0 Å². The fourth-order valence-corrected chi connectivity index (χ4v) is 4.18. The number of rotatable bonds is 8. The van der Waals surface area contributed by atoms with Gasteiger partial charge in [-0.1, -0.05) is 19.8 Å². The molecule has 2 aliphatic rings. The van der Waals surface area contributed by atoms with Crippen LogP contribution in [0.25, 0.3) is 0 Å².